The summed E-state index contributed by atoms with van der Waals surface area (Å²) in [5.74, 6) is 0. The molecule has 0 aliphatic carbocycles. The van der Waals surface area contributed by atoms with Crippen LogP contribution in [0, 0.1) is 20.8 Å². The fourth-order valence-corrected chi connectivity index (χ4v) is 4.93. The van der Waals surface area contributed by atoms with Gasteiger partial charge < -0.3 is 0 Å². The zero-order chi connectivity index (χ0) is 20.7. The summed E-state index contributed by atoms with van der Waals surface area (Å²) in [4.78, 5) is 0. The van der Waals surface area contributed by atoms with Crippen molar-refractivity contribution in [2.24, 2.45) is 0 Å². The van der Waals surface area contributed by atoms with Crippen molar-refractivity contribution in [1.82, 2.24) is 0 Å². The van der Waals surface area contributed by atoms with E-state index < -0.39 is 0 Å². The highest BCUT2D eigenvalue weighted by molar-refractivity contribution is 6.96. The fourth-order valence-electron chi connectivity index (χ4n) is 3.40. The SMILES string of the molecule is Cc1c(Cl)cc(Cl)cc1B(c1cc(Cl)cc(Cl)c1C)c1cc(Cl)cc(Cl)c1C. The van der Waals surface area contributed by atoms with Crippen LogP contribution < -0.4 is 16.4 Å². The van der Waals surface area contributed by atoms with Gasteiger partial charge in [-0.25, -0.2) is 0 Å². The maximum atomic E-state index is 6.45. The third-order valence-corrected chi connectivity index (χ3v) is 6.81. The minimum Gasteiger partial charge on any atom is -0.0843 e. The second kappa shape index (κ2) is 8.68. The average Bonchev–Trinajstić information content (AvgIpc) is 2.60. The molecule has 0 atom stereocenters. The summed E-state index contributed by atoms with van der Waals surface area (Å²) < 4.78 is 0. The summed E-state index contributed by atoms with van der Waals surface area (Å²) in [5.41, 5.74) is 5.59. The lowest BCUT2D eigenvalue weighted by atomic mass is 9.35. The van der Waals surface area contributed by atoms with E-state index in [9.17, 15) is 0 Å². The van der Waals surface area contributed by atoms with E-state index in [-0.39, 0.29) is 6.71 Å². The molecule has 0 aromatic heterocycles. The second-order valence-electron chi connectivity index (χ2n) is 6.74. The van der Waals surface area contributed by atoms with Crippen LogP contribution in [0.2, 0.25) is 30.1 Å². The lowest BCUT2D eigenvalue weighted by Crippen LogP contribution is -2.55. The van der Waals surface area contributed by atoms with Crippen LogP contribution in [0.15, 0.2) is 36.4 Å². The summed E-state index contributed by atoms with van der Waals surface area (Å²) in [6.45, 7) is 5.64. The smallest absolute Gasteiger partial charge is 0.0843 e. The van der Waals surface area contributed by atoms with E-state index in [1.807, 2.05) is 39.0 Å². The minimum absolute atomic E-state index is 0.247. The van der Waals surface area contributed by atoms with Crippen LogP contribution in [0.5, 0.6) is 0 Å². The Morgan fingerprint density at radius 3 is 0.964 bits per heavy atom. The molecule has 0 saturated carbocycles. The molecule has 144 valence electrons. The van der Waals surface area contributed by atoms with Crippen molar-refractivity contribution in [1.29, 1.82) is 0 Å². The van der Waals surface area contributed by atoms with Crippen LogP contribution in [0.1, 0.15) is 16.7 Å². The van der Waals surface area contributed by atoms with Crippen LogP contribution in [-0.2, 0) is 0 Å². The Bertz CT molecular complexity index is 941. The number of hydrogen-bond acceptors (Lipinski definition) is 0. The lowest BCUT2D eigenvalue weighted by molar-refractivity contribution is 1.47. The maximum absolute atomic E-state index is 6.45. The Balaban J connectivity index is 2.44. The van der Waals surface area contributed by atoms with E-state index in [0.717, 1.165) is 33.1 Å². The largest absolute Gasteiger partial charge is 0.242 e. The van der Waals surface area contributed by atoms with Gasteiger partial charge in [0, 0.05) is 30.1 Å². The molecule has 0 spiro atoms. The molecule has 0 aliphatic rings. The predicted molar refractivity (Wildman–Crippen MR) is 128 cm³/mol. The molecule has 7 heteroatoms. The van der Waals surface area contributed by atoms with E-state index in [1.54, 1.807) is 18.2 Å². The molecular formula is C21H15BCl6. The summed E-state index contributed by atoms with van der Waals surface area (Å²) in [5, 5.41) is 3.41. The topological polar surface area (TPSA) is 0 Å². The van der Waals surface area contributed by atoms with Crippen molar-refractivity contribution in [3.63, 3.8) is 0 Å². The summed E-state index contributed by atoms with van der Waals surface area (Å²) in [6, 6.07) is 10.9. The first-order chi connectivity index (χ1) is 13.1. The van der Waals surface area contributed by atoms with Crippen LogP contribution in [0.25, 0.3) is 0 Å². The lowest BCUT2D eigenvalue weighted by Gasteiger charge is -2.23. The molecule has 0 saturated heterocycles. The average molecular weight is 491 g/mol. The zero-order valence-corrected chi connectivity index (χ0v) is 19.8. The molecule has 3 aromatic carbocycles. The van der Waals surface area contributed by atoms with Crippen molar-refractivity contribution >= 4 is 92.7 Å². The van der Waals surface area contributed by atoms with Gasteiger partial charge in [-0.2, -0.15) is 0 Å². The van der Waals surface area contributed by atoms with Crippen molar-refractivity contribution in [2.45, 2.75) is 20.8 Å². The molecule has 0 fully saturated rings. The first-order valence-corrected chi connectivity index (χ1v) is 10.7. The molecule has 3 rings (SSSR count). The molecular weight excluding hydrogens is 476 g/mol. The third-order valence-electron chi connectivity index (χ3n) is 4.98. The number of halogens is 6. The Morgan fingerprint density at radius 2 is 0.714 bits per heavy atom. The maximum Gasteiger partial charge on any atom is 0.242 e. The quantitative estimate of drug-likeness (QED) is 0.345. The van der Waals surface area contributed by atoms with Crippen LogP contribution in [0.3, 0.4) is 0 Å². The van der Waals surface area contributed by atoms with Gasteiger partial charge in [0.2, 0.25) is 6.71 Å². The van der Waals surface area contributed by atoms with E-state index in [2.05, 4.69) is 0 Å². The number of benzene rings is 3. The van der Waals surface area contributed by atoms with Gasteiger partial charge in [-0.1, -0.05) is 86.0 Å². The van der Waals surface area contributed by atoms with E-state index in [4.69, 9.17) is 69.6 Å². The van der Waals surface area contributed by atoms with Crippen LogP contribution in [-0.4, -0.2) is 6.71 Å². The Morgan fingerprint density at radius 1 is 0.464 bits per heavy atom. The van der Waals surface area contributed by atoms with Gasteiger partial charge in [-0.3, -0.25) is 0 Å². The highest BCUT2D eigenvalue weighted by Gasteiger charge is 2.29. The normalized spacial score (nSPS) is 11.0. The Hall–Kier alpha value is -0.535. The molecule has 0 radical (unpaired) electrons. The number of hydrogen-bond donors (Lipinski definition) is 0. The molecule has 0 amide bonds. The second-order valence-corrected chi connectivity index (χ2v) is 9.27. The van der Waals surface area contributed by atoms with E-state index in [1.165, 1.54) is 0 Å². The van der Waals surface area contributed by atoms with Gasteiger partial charge in [0.25, 0.3) is 0 Å². The Labute approximate surface area is 195 Å². The Kier molecular flexibility index (Phi) is 6.87. The molecule has 0 aliphatic heterocycles. The fraction of sp³-hybridized carbons (Fsp3) is 0.143. The van der Waals surface area contributed by atoms with E-state index in [0.29, 0.717) is 30.1 Å². The minimum atomic E-state index is -0.247. The zero-order valence-electron chi connectivity index (χ0n) is 15.3. The molecule has 0 heterocycles. The van der Waals surface area contributed by atoms with Crippen molar-refractivity contribution < 1.29 is 0 Å². The van der Waals surface area contributed by atoms with Gasteiger partial charge in [-0.15, -0.1) is 0 Å². The summed E-state index contributed by atoms with van der Waals surface area (Å²) >= 11 is 38.4. The van der Waals surface area contributed by atoms with E-state index >= 15 is 0 Å². The summed E-state index contributed by atoms with van der Waals surface area (Å²) in [6.07, 6.45) is 0. The highest BCUT2D eigenvalue weighted by Crippen LogP contribution is 2.25. The van der Waals surface area contributed by atoms with Crippen molar-refractivity contribution in [3.8, 4) is 0 Å². The van der Waals surface area contributed by atoms with Gasteiger partial charge in [-0.05, 0) is 73.9 Å². The first-order valence-electron chi connectivity index (χ1n) is 8.46. The van der Waals surface area contributed by atoms with Crippen molar-refractivity contribution in [3.05, 3.63) is 83.2 Å². The number of rotatable bonds is 3. The first kappa shape index (κ1) is 22.2. The monoisotopic (exact) mass is 488 g/mol. The molecule has 0 bridgehead atoms. The van der Waals surface area contributed by atoms with Gasteiger partial charge >= 0.3 is 0 Å². The third kappa shape index (κ3) is 4.31. The van der Waals surface area contributed by atoms with Crippen LogP contribution >= 0.6 is 69.6 Å². The van der Waals surface area contributed by atoms with Gasteiger partial charge in [0.05, 0.1) is 0 Å². The van der Waals surface area contributed by atoms with Gasteiger partial charge in [0.1, 0.15) is 0 Å². The highest BCUT2D eigenvalue weighted by atomic mass is 35.5. The summed E-state index contributed by atoms with van der Waals surface area (Å²) in [7, 11) is 0. The molecule has 3 aromatic rings. The molecule has 0 nitrogen and oxygen atoms in total. The molecule has 28 heavy (non-hydrogen) atoms. The standard InChI is InChI=1S/C21H15BCl6/c1-10-16(4-13(23)7-19(10)26)22(17-5-14(24)8-20(27)11(17)2)18-6-15(25)9-21(28)12(18)3/h4-9H,1-3H3. The molecule has 0 unspecified atom stereocenters. The predicted octanol–water partition coefficient (Wildman–Crippen LogP) is 7.05. The van der Waals surface area contributed by atoms with Crippen LogP contribution in [0.4, 0.5) is 0 Å². The van der Waals surface area contributed by atoms with Gasteiger partial charge in [0.15, 0.2) is 0 Å². The van der Waals surface area contributed by atoms with Crippen molar-refractivity contribution in [2.75, 3.05) is 0 Å². The molecule has 0 N–H and O–H groups in total.